The predicted molar refractivity (Wildman–Crippen MR) is 70.5 cm³/mol. The molecule has 1 fully saturated rings. The van der Waals surface area contributed by atoms with E-state index in [2.05, 4.69) is 0 Å². The van der Waals surface area contributed by atoms with E-state index < -0.39 is 17.3 Å². The van der Waals surface area contributed by atoms with Crippen molar-refractivity contribution in [2.75, 3.05) is 0 Å². The second-order valence-electron chi connectivity index (χ2n) is 5.57. The van der Waals surface area contributed by atoms with Crippen LogP contribution in [0.3, 0.4) is 0 Å². The van der Waals surface area contributed by atoms with Crippen LogP contribution < -0.4 is 5.73 Å². The second kappa shape index (κ2) is 5.20. The molecule has 2 nitrogen and oxygen atoms in total. The molecule has 1 aliphatic rings. The molecule has 2 N–H and O–H groups in total. The van der Waals surface area contributed by atoms with Gasteiger partial charge in [-0.05, 0) is 37.5 Å². The Morgan fingerprint density at radius 2 is 1.80 bits per heavy atom. The summed E-state index contributed by atoms with van der Waals surface area (Å²) in [4.78, 5) is 12.5. The SMILES string of the molecule is Cc1cc(C(F)(F)F)ccc1C(=O)C1(N)CCCCC1. The van der Waals surface area contributed by atoms with Crippen LogP contribution >= 0.6 is 0 Å². The quantitative estimate of drug-likeness (QED) is 0.838. The Labute approximate surface area is 116 Å². The Morgan fingerprint density at radius 3 is 2.30 bits per heavy atom. The molecule has 1 aromatic carbocycles. The number of carbonyl (C=O) groups is 1. The smallest absolute Gasteiger partial charge is 0.319 e. The minimum Gasteiger partial charge on any atom is -0.319 e. The van der Waals surface area contributed by atoms with E-state index >= 15 is 0 Å². The van der Waals surface area contributed by atoms with Crippen LogP contribution in [0.1, 0.15) is 53.6 Å². The molecule has 0 unspecified atom stereocenters. The minimum absolute atomic E-state index is 0.233. The highest BCUT2D eigenvalue weighted by molar-refractivity contribution is 6.04. The normalized spacial score (nSPS) is 18.9. The number of rotatable bonds is 2. The van der Waals surface area contributed by atoms with Crippen molar-refractivity contribution in [3.8, 4) is 0 Å². The molecule has 1 aliphatic carbocycles. The fraction of sp³-hybridized carbons (Fsp3) is 0.533. The van der Waals surface area contributed by atoms with Gasteiger partial charge in [-0.2, -0.15) is 13.2 Å². The van der Waals surface area contributed by atoms with Gasteiger partial charge in [0.15, 0.2) is 5.78 Å². The third kappa shape index (κ3) is 2.87. The number of alkyl halides is 3. The average Bonchev–Trinajstić information content (AvgIpc) is 2.37. The lowest BCUT2D eigenvalue weighted by molar-refractivity contribution is -0.137. The first-order valence-corrected chi connectivity index (χ1v) is 6.75. The van der Waals surface area contributed by atoms with Gasteiger partial charge < -0.3 is 5.73 Å². The van der Waals surface area contributed by atoms with Gasteiger partial charge >= 0.3 is 6.18 Å². The first-order valence-electron chi connectivity index (χ1n) is 6.75. The fourth-order valence-electron chi connectivity index (χ4n) is 2.77. The van der Waals surface area contributed by atoms with Crippen LogP contribution in [0, 0.1) is 6.92 Å². The highest BCUT2D eigenvalue weighted by atomic mass is 19.4. The van der Waals surface area contributed by atoms with Crippen molar-refractivity contribution >= 4 is 5.78 Å². The molecule has 0 saturated heterocycles. The van der Waals surface area contributed by atoms with Crippen LogP contribution in [0.4, 0.5) is 13.2 Å². The zero-order valence-corrected chi connectivity index (χ0v) is 11.4. The van der Waals surface area contributed by atoms with Gasteiger partial charge in [0, 0.05) is 5.56 Å². The van der Waals surface area contributed by atoms with Crippen molar-refractivity contribution < 1.29 is 18.0 Å². The Hall–Kier alpha value is -1.36. The van der Waals surface area contributed by atoms with Crippen molar-refractivity contribution in [2.45, 2.75) is 50.7 Å². The Balaban J connectivity index is 2.31. The summed E-state index contributed by atoms with van der Waals surface area (Å²) >= 11 is 0. The lowest BCUT2D eigenvalue weighted by atomic mass is 9.76. The summed E-state index contributed by atoms with van der Waals surface area (Å²) in [6.07, 6.45) is -0.349. The van der Waals surface area contributed by atoms with E-state index in [1.165, 1.54) is 13.0 Å². The van der Waals surface area contributed by atoms with E-state index in [1.807, 2.05) is 0 Å². The Kier molecular flexibility index (Phi) is 3.91. The Bertz CT molecular complexity index is 516. The summed E-state index contributed by atoms with van der Waals surface area (Å²) in [6.45, 7) is 1.52. The molecule has 0 radical (unpaired) electrons. The van der Waals surface area contributed by atoms with E-state index in [-0.39, 0.29) is 5.78 Å². The lowest BCUT2D eigenvalue weighted by Gasteiger charge is -2.32. The highest BCUT2D eigenvalue weighted by Crippen LogP contribution is 2.33. The van der Waals surface area contributed by atoms with E-state index in [0.717, 1.165) is 31.4 Å². The minimum atomic E-state index is -4.39. The summed E-state index contributed by atoms with van der Waals surface area (Å²) < 4.78 is 37.9. The number of ketones is 1. The summed E-state index contributed by atoms with van der Waals surface area (Å²) in [7, 11) is 0. The Morgan fingerprint density at radius 1 is 1.20 bits per heavy atom. The van der Waals surface area contributed by atoms with Crippen molar-refractivity contribution in [3.05, 3.63) is 34.9 Å². The van der Waals surface area contributed by atoms with Crippen LogP contribution in [-0.4, -0.2) is 11.3 Å². The molecule has 0 bridgehead atoms. The molecular weight excluding hydrogens is 267 g/mol. The van der Waals surface area contributed by atoms with Gasteiger partial charge in [0.1, 0.15) is 0 Å². The number of aryl methyl sites for hydroxylation is 1. The van der Waals surface area contributed by atoms with Gasteiger partial charge in [-0.3, -0.25) is 4.79 Å². The van der Waals surface area contributed by atoms with E-state index in [9.17, 15) is 18.0 Å². The largest absolute Gasteiger partial charge is 0.416 e. The van der Waals surface area contributed by atoms with Crippen molar-refractivity contribution in [1.82, 2.24) is 0 Å². The first kappa shape index (κ1) is 15.0. The van der Waals surface area contributed by atoms with Gasteiger partial charge in [0.25, 0.3) is 0 Å². The summed E-state index contributed by atoms with van der Waals surface area (Å²) in [5.41, 5.74) is 5.15. The third-order valence-electron chi connectivity index (χ3n) is 4.00. The van der Waals surface area contributed by atoms with Crippen LogP contribution in [0.25, 0.3) is 0 Å². The maximum Gasteiger partial charge on any atom is 0.416 e. The molecule has 2 rings (SSSR count). The van der Waals surface area contributed by atoms with Gasteiger partial charge in [-0.25, -0.2) is 0 Å². The zero-order chi connectivity index (χ0) is 15.0. The number of carbonyl (C=O) groups excluding carboxylic acids is 1. The number of hydrogen-bond donors (Lipinski definition) is 1. The van der Waals surface area contributed by atoms with Crippen LogP contribution in [0.15, 0.2) is 18.2 Å². The molecule has 0 aliphatic heterocycles. The molecule has 20 heavy (non-hydrogen) atoms. The monoisotopic (exact) mass is 285 g/mol. The summed E-state index contributed by atoms with van der Waals surface area (Å²) in [6, 6.07) is 3.22. The highest BCUT2D eigenvalue weighted by Gasteiger charge is 2.37. The van der Waals surface area contributed by atoms with Crippen LogP contribution in [0.2, 0.25) is 0 Å². The van der Waals surface area contributed by atoms with Crippen molar-refractivity contribution in [1.29, 1.82) is 0 Å². The third-order valence-corrected chi connectivity index (χ3v) is 4.00. The molecule has 110 valence electrons. The van der Waals surface area contributed by atoms with E-state index in [1.54, 1.807) is 0 Å². The zero-order valence-electron chi connectivity index (χ0n) is 11.4. The number of nitrogens with two attached hydrogens (primary N) is 1. The molecule has 0 amide bonds. The number of hydrogen-bond acceptors (Lipinski definition) is 2. The van der Waals surface area contributed by atoms with Crippen LogP contribution in [-0.2, 0) is 6.18 Å². The topological polar surface area (TPSA) is 43.1 Å². The van der Waals surface area contributed by atoms with Crippen molar-refractivity contribution in [2.24, 2.45) is 5.73 Å². The maximum atomic E-state index is 12.6. The first-order chi connectivity index (χ1) is 9.24. The number of Topliss-reactive ketones (excluding diaryl/α,β-unsaturated/α-hetero) is 1. The molecule has 0 aromatic heterocycles. The maximum absolute atomic E-state index is 12.6. The van der Waals surface area contributed by atoms with Crippen LogP contribution in [0.5, 0.6) is 0 Å². The fourth-order valence-corrected chi connectivity index (χ4v) is 2.77. The summed E-state index contributed by atoms with van der Waals surface area (Å²) in [5.74, 6) is -0.233. The van der Waals surface area contributed by atoms with E-state index in [0.29, 0.717) is 24.0 Å². The van der Waals surface area contributed by atoms with Gasteiger partial charge in [0.2, 0.25) is 0 Å². The van der Waals surface area contributed by atoms with Gasteiger partial charge in [-0.15, -0.1) is 0 Å². The van der Waals surface area contributed by atoms with Crippen molar-refractivity contribution in [3.63, 3.8) is 0 Å². The molecular formula is C15H18F3NO. The van der Waals surface area contributed by atoms with E-state index in [4.69, 9.17) is 5.73 Å². The lowest BCUT2D eigenvalue weighted by Crippen LogP contribution is -2.49. The molecule has 0 atom stereocenters. The summed E-state index contributed by atoms with van der Waals surface area (Å²) in [5, 5.41) is 0. The molecule has 5 heteroatoms. The molecule has 1 saturated carbocycles. The number of benzene rings is 1. The van der Waals surface area contributed by atoms with Gasteiger partial charge in [0.05, 0.1) is 11.1 Å². The predicted octanol–water partition coefficient (Wildman–Crippen LogP) is 3.86. The standard InChI is InChI=1S/C15H18F3NO/c1-10-9-11(15(16,17)18)5-6-12(10)13(20)14(19)7-3-2-4-8-14/h5-6,9H,2-4,7-8,19H2,1H3. The molecule has 1 aromatic rings. The second-order valence-corrected chi connectivity index (χ2v) is 5.57. The number of halogens is 3. The average molecular weight is 285 g/mol. The molecule has 0 heterocycles. The van der Waals surface area contributed by atoms with Gasteiger partial charge in [-0.1, -0.05) is 25.3 Å². The molecule has 0 spiro atoms.